The average Bonchev–Trinajstić information content (AvgIpc) is 1.12. The van der Waals surface area contributed by atoms with E-state index in [-0.39, 0.29) is 16.5 Å². The molecule has 0 bridgehead atoms. The van der Waals surface area contributed by atoms with Gasteiger partial charge in [0.1, 0.15) is 5.71 Å². The van der Waals surface area contributed by atoms with Crippen molar-refractivity contribution >= 4 is 22.8 Å². The molecule has 0 heterocycles. The van der Waals surface area contributed by atoms with Crippen molar-refractivity contribution in [3.63, 3.8) is 0 Å². The number of hydrogen-bond donors (Lipinski definition) is 0. The van der Waals surface area contributed by atoms with Crippen LogP contribution in [0, 0.1) is 11.8 Å². The van der Waals surface area contributed by atoms with E-state index in [1.165, 1.54) is 441 Å². The maximum atomic E-state index is 5.37. The fourth-order valence-electron chi connectivity index (χ4n) is 14.2. The van der Waals surface area contributed by atoms with E-state index in [1.807, 2.05) is 0 Å². The van der Waals surface area contributed by atoms with E-state index in [0.717, 1.165) is 48.5 Å². The third-order valence-electron chi connectivity index (χ3n) is 20.7. The molecule has 3 heteroatoms. The first kappa shape index (κ1) is 89.8. The molecule has 0 aliphatic carbocycles. The van der Waals surface area contributed by atoms with Gasteiger partial charge in [-0.15, -0.1) is 0 Å². The smallest absolute Gasteiger partial charge is 0.135 e. The fraction of sp³-hybridized carbons (Fsp3) is 0.824. The van der Waals surface area contributed by atoms with Crippen LogP contribution in [-0.2, 0) is 29.3 Å². The predicted molar refractivity (Wildman–Crippen MR) is 424 cm³/mol. The minimum atomic E-state index is 0. The predicted octanol–water partition coefficient (Wildman–Crippen LogP) is 32.6. The Morgan fingerprint density at radius 1 is 0.234 bits per heavy atom. The van der Waals surface area contributed by atoms with Gasteiger partial charge in [-0.25, -0.2) is 4.99 Å². The molecule has 0 saturated carbocycles. The van der Waals surface area contributed by atoms with Crippen LogP contribution in [0.25, 0.3) is 0 Å². The van der Waals surface area contributed by atoms with Gasteiger partial charge in [-0.05, 0) is 86.3 Å². The summed E-state index contributed by atoms with van der Waals surface area (Å²) in [5, 5.41) is 0. The second-order valence-electron chi connectivity index (χ2n) is 29.9. The van der Waals surface area contributed by atoms with E-state index in [2.05, 4.69) is 88.1 Å². The van der Waals surface area contributed by atoms with E-state index in [4.69, 9.17) is 9.98 Å². The van der Waals surface area contributed by atoms with Crippen molar-refractivity contribution in [3.8, 4) is 11.8 Å². The van der Waals surface area contributed by atoms with Gasteiger partial charge < -0.3 is 0 Å². The number of unbranched alkanes of at least 4 members (excludes halogenated alkanes) is 64. The van der Waals surface area contributed by atoms with Crippen LogP contribution < -0.4 is 0 Å². The molecule has 0 radical (unpaired) electrons. The molecule has 0 aliphatic heterocycles. The zero-order valence-corrected chi connectivity index (χ0v) is 65.0. The number of rotatable bonds is 73. The number of nitrogens with zero attached hydrogens (tertiary/aromatic N) is 2. The van der Waals surface area contributed by atoms with E-state index in [9.17, 15) is 0 Å². The van der Waals surface area contributed by atoms with E-state index < -0.39 is 0 Å². The Balaban J connectivity index is 0.0000442. The maximum absolute atomic E-state index is 5.37. The van der Waals surface area contributed by atoms with Crippen molar-refractivity contribution < 1.29 is 16.5 Å². The first-order valence-corrected chi connectivity index (χ1v) is 43.0. The Bertz CT molecular complexity index is 1920. The average molecular weight is 1340 g/mol. The van der Waals surface area contributed by atoms with Crippen molar-refractivity contribution in [2.45, 2.75) is 484 Å². The number of hydrogen-bond acceptors (Lipinski definition) is 2. The number of benzene rings is 2. The molecule has 546 valence electrons. The molecule has 2 rings (SSSR count). The second-order valence-corrected chi connectivity index (χ2v) is 29.9. The molecule has 0 unspecified atom stereocenters. The summed E-state index contributed by atoms with van der Waals surface area (Å²) in [5.41, 5.74) is 6.86. The standard InChI is InChI=1S/C91H162N2.Ni/c1-5-9-13-16-19-22-25-28-30-32-34-36-38-40-42-44-46-48-50-52-54-56-58-61-64-67-71-74-86-78-82-88(83-79-86)92-90(76-70-12-8-4)91(77-73-69-66-63-60-27-24-21-18-15-11-7-3)93-89-84-80-87(81-85-89)75-72-68-65-62-59-57-55-53-51-49-47-45-43-41-39-37-35-33-31-29-26-23-20-17-14-10-6-2;/h78-85H,5-72,74-76H2,1-4H3;. The van der Waals surface area contributed by atoms with Gasteiger partial charge in [0.05, 0.1) is 17.1 Å². The van der Waals surface area contributed by atoms with Crippen molar-refractivity contribution in [2.24, 2.45) is 9.98 Å². The molecule has 0 aromatic heterocycles. The van der Waals surface area contributed by atoms with Crippen molar-refractivity contribution in [1.29, 1.82) is 0 Å². The minimum Gasteiger partial charge on any atom is -0.251 e. The van der Waals surface area contributed by atoms with Crippen LogP contribution in [0.15, 0.2) is 58.5 Å². The Morgan fingerprint density at radius 2 is 0.436 bits per heavy atom. The summed E-state index contributed by atoms with van der Waals surface area (Å²) in [4.78, 5) is 10.7. The zero-order valence-electron chi connectivity index (χ0n) is 64.0. The van der Waals surface area contributed by atoms with Crippen LogP contribution in [0.5, 0.6) is 0 Å². The summed E-state index contributed by atoms with van der Waals surface area (Å²) in [7, 11) is 0. The molecule has 2 aromatic rings. The third kappa shape index (κ3) is 62.1. The Kier molecular flexibility index (Phi) is 71.7. The summed E-state index contributed by atoms with van der Waals surface area (Å²) in [6, 6.07) is 18.3. The first-order chi connectivity index (χ1) is 46.2. The molecule has 94 heavy (non-hydrogen) atoms. The molecular weight excluding hydrogens is 1180 g/mol. The minimum absolute atomic E-state index is 0. The van der Waals surface area contributed by atoms with Gasteiger partial charge in [-0.3, -0.25) is 4.99 Å². The van der Waals surface area contributed by atoms with Gasteiger partial charge >= 0.3 is 0 Å². The Hall–Kier alpha value is -2.17. The first-order valence-electron chi connectivity index (χ1n) is 43.0. The molecule has 0 saturated heterocycles. The van der Waals surface area contributed by atoms with E-state index in [0.29, 0.717) is 0 Å². The summed E-state index contributed by atoms with van der Waals surface area (Å²) < 4.78 is 0. The van der Waals surface area contributed by atoms with E-state index >= 15 is 0 Å². The normalized spacial score (nSPS) is 11.8. The van der Waals surface area contributed by atoms with Crippen LogP contribution in [0.3, 0.4) is 0 Å². The summed E-state index contributed by atoms with van der Waals surface area (Å²) in [6.45, 7) is 9.24. The van der Waals surface area contributed by atoms with Crippen LogP contribution in [-0.4, -0.2) is 11.4 Å². The molecule has 0 aliphatic rings. The summed E-state index contributed by atoms with van der Waals surface area (Å²) in [6.07, 6.45) is 99.2. The van der Waals surface area contributed by atoms with Crippen LogP contribution in [0.1, 0.15) is 482 Å². The number of aliphatic imine (C=N–C) groups is 2. The van der Waals surface area contributed by atoms with Gasteiger partial charge in [-0.1, -0.05) is 462 Å². The van der Waals surface area contributed by atoms with Gasteiger partial charge in [-0.2, -0.15) is 0 Å². The van der Waals surface area contributed by atoms with Crippen LogP contribution in [0.4, 0.5) is 11.4 Å². The van der Waals surface area contributed by atoms with Crippen molar-refractivity contribution in [2.75, 3.05) is 0 Å². The molecule has 0 atom stereocenters. The van der Waals surface area contributed by atoms with Crippen LogP contribution >= 0.6 is 0 Å². The Morgan fingerprint density at radius 3 is 0.681 bits per heavy atom. The monoisotopic (exact) mass is 1340 g/mol. The molecule has 0 N–H and O–H groups in total. The quantitative estimate of drug-likeness (QED) is 0.0273. The van der Waals surface area contributed by atoms with Crippen molar-refractivity contribution in [1.82, 2.24) is 0 Å². The van der Waals surface area contributed by atoms with Gasteiger partial charge in [0.15, 0.2) is 0 Å². The fourth-order valence-corrected chi connectivity index (χ4v) is 14.2. The molecule has 0 fully saturated rings. The zero-order chi connectivity index (χ0) is 66.2. The molecule has 2 aromatic carbocycles. The molecule has 0 amide bonds. The maximum Gasteiger partial charge on any atom is 0.135 e. The molecular formula is C91H162N2Ni. The Labute approximate surface area is 600 Å². The van der Waals surface area contributed by atoms with Gasteiger partial charge in [0.25, 0.3) is 0 Å². The van der Waals surface area contributed by atoms with Crippen LogP contribution in [0.2, 0.25) is 0 Å². The topological polar surface area (TPSA) is 24.7 Å². The summed E-state index contributed by atoms with van der Waals surface area (Å²) >= 11 is 0. The molecule has 0 spiro atoms. The second kappa shape index (κ2) is 75.0. The SMILES string of the molecule is CCCCCCCCCCCCC#CC(=Nc1ccc(CCCCCCCCCCCCCCCCCCCCCCCCCCCCC)cc1)C(CCCCC)=Nc1ccc(CCCCCCCCCCCCCCCCCCCCCCCCCCCCC)cc1.[Ni]. The van der Waals surface area contributed by atoms with Gasteiger partial charge in [0, 0.05) is 22.9 Å². The third-order valence-corrected chi connectivity index (χ3v) is 20.7. The largest absolute Gasteiger partial charge is 0.251 e. The summed E-state index contributed by atoms with van der Waals surface area (Å²) in [5.74, 6) is 7.23. The number of aryl methyl sites for hydroxylation is 2. The van der Waals surface area contributed by atoms with Crippen molar-refractivity contribution in [3.05, 3.63) is 59.7 Å². The van der Waals surface area contributed by atoms with Gasteiger partial charge in [0.2, 0.25) is 0 Å². The van der Waals surface area contributed by atoms with E-state index in [1.54, 1.807) is 0 Å². The molecule has 2 nitrogen and oxygen atoms in total.